The Morgan fingerprint density at radius 1 is 1.11 bits per heavy atom. The summed E-state index contributed by atoms with van der Waals surface area (Å²) in [6.45, 7) is 0. The van der Waals surface area contributed by atoms with Gasteiger partial charge in [0.1, 0.15) is 0 Å². The smallest absolute Gasteiger partial charge is 0.443 e. The highest BCUT2D eigenvalue weighted by Crippen LogP contribution is 2.06. The fourth-order valence-corrected chi connectivity index (χ4v) is 0.675. The number of nitrogens with zero attached hydrogens (tertiary/aromatic N) is 2. The number of rotatable bonds is 0. The van der Waals surface area contributed by atoms with E-state index in [9.17, 15) is 9.59 Å². The lowest BCUT2D eigenvalue weighted by atomic mass is 11.2. The van der Waals surface area contributed by atoms with Gasteiger partial charge in [-0.2, -0.15) is 0 Å². The van der Waals surface area contributed by atoms with Crippen molar-refractivity contribution in [2.45, 2.75) is 0 Å². The summed E-state index contributed by atoms with van der Waals surface area (Å²) in [5.74, 6) is 0. The zero-order valence-corrected chi connectivity index (χ0v) is 4.83. The largest absolute Gasteiger partial charge is 0.463 e. The number of carbonyl (C=O) groups is 2. The molecule has 0 fully saturated rings. The van der Waals surface area contributed by atoms with Crippen LogP contribution in [-0.2, 0) is 0 Å². The van der Waals surface area contributed by atoms with Crippen molar-refractivity contribution in [1.82, 2.24) is 8.14 Å². The van der Waals surface area contributed by atoms with Gasteiger partial charge in [0.25, 0.3) is 0 Å². The van der Waals surface area contributed by atoms with Crippen molar-refractivity contribution >= 4 is 23.9 Å². The first-order chi connectivity index (χ1) is 4.13. The Labute approximate surface area is 52.8 Å². The molecule has 0 atom stereocenters. The van der Waals surface area contributed by atoms with Crippen LogP contribution in [0.25, 0.3) is 0 Å². The highest BCUT2D eigenvalue weighted by atomic mass is 32.1. The van der Waals surface area contributed by atoms with E-state index in [1.807, 2.05) is 0 Å². The monoisotopic (exact) mass is 150 g/mol. The van der Waals surface area contributed by atoms with Crippen LogP contribution in [-0.4, -0.2) is 30.5 Å². The maximum Gasteiger partial charge on any atom is 0.443 e. The van der Waals surface area contributed by atoms with E-state index < -0.39 is 12.2 Å². The van der Waals surface area contributed by atoms with Crippen molar-refractivity contribution in [3.63, 3.8) is 0 Å². The fraction of sp³-hybridized carbons (Fsp3) is 0. The summed E-state index contributed by atoms with van der Waals surface area (Å²) in [6, 6.07) is 0. The molecule has 0 saturated carbocycles. The van der Waals surface area contributed by atoms with Crippen LogP contribution in [0.2, 0.25) is 0 Å². The summed E-state index contributed by atoms with van der Waals surface area (Å²) >= 11 is 0.620. The van der Waals surface area contributed by atoms with Gasteiger partial charge in [-0.3, -0.25) is 0 Å². The molecule has 0 amide bonds. The molecule has 0 saturated heterocycles. The zero-order chi connectivity index (χ0) is 7.02. The van der Waals surface area contributed by atoms with E-state index in [1.165, 1.54) is 0 Å². The van der Waals surface area contributed by atoms with Gasteiger partial charge in [-0.1, -0.05) is 8.14 Å². The molecule has 6 nitrogen and oxygen atoms in total. The number of hydrogen-bond donors (Lipinski definition) is 2. The van der Waals surface area contributed by atoms with Gasteiger partial charge in [-0.25, -0.2) is 9.59 Å². The van der Waals surface area contributed by atoms with Crippen molar-refractivity contribution < 1.29 is 19.8 Å². The van der Waals surface area contributed by atoms with Gasteiger partial charge in [0.15, 0.2) is 0 Å². The summed E-state index contributed by atoms with van der Waals surface area (Å²) in [5.41, 5.74) is 0. The van der Waals surface area contributed by atoms with Crippen LogP contribution >= 0.6 is 11.7 Å². The highest BCUT2D eigenvalue weighted by molar-refractivity contribution is 7.07. The van der Waals surface area contributed by atoms with Crippen molar-refractivity contribution in [2.75, 3.05) is 0 Å². The lowest BCUT2D eigenvalue weighted by Crippen LogP contribution is -2.09. The van der Waals surface area contributed by atoms with Crippen LogP contribution < -0.4 is 0 Å². The summed E-state index contributed by atoms with van der Waals surface area (Å²) < 4.78 is 1.20. The average Bonchev–Trinajstić information content (AvgIpc) is 2.39. The molecular formula is C2H2N2O4S. The highest BCUT2D eigenvalue weighted by Gasteiger charge is 2.20. The molecule has 7 heteroatoms. The molecule has 0 aromatic carbocycles. The van der Waals surface area contributed by atoms with Gasteiger partial charge in [-0.15, -0.1) is 0 Å². The van der Waals surface area contributed by atoms with Gasteiger partial charge < -0.3 is 10.2 Å². The summed E-state index contributed by atoms with van der Waals surface area (Å²) in [6.07, 6.45) is -2.55. The summed E-state index contributed by atoms with van der Waals surface area (Å²) in [4.78, 5) is 19.8. The maximum atomic E-state index is 9.88. The van der Waals surface area contributed by atoms with E-state index in [1.54, 1.807) is 0 Å². The molecule has 0 aliphatic rings. The van der Waals surface area contributed by atoms with Crippen LogP contribution in [0.4, 0.5) is 9.59 Å². The minimum absolute atomic E-state index is 0.600. The van der Waals surface area contributed by atoms with Crippen molar-refractivity contribution in [2.24, 2.45) is 0 Å². The number of aromatic nitrogens is 2. The molecule has 9 heavy (non-hydrogen) atoms. The molecule has 0 unspecified atom stereocenters. The van der Waals surface area contributed by atoms with Gasteiger partial charge in [0.05, 0.1) is 11.7 Å². The van der Waals surface area contributed by atoms with E-state index in [4.69, 9.17) is 10.2 Å². The third kappa shape index (κ3) is 0.941. The van der Waals surface area contributed by atoms with E-state index in [2.05, 4.69) is 0 Å². The Hall–Kier alpha value is -1.24. The Bertz CT molecular complexity index is 218. The van der Waals surface area contributed by atoms with E-state index in [0.29, 0.717) is 19.9 Å². The lowest BCUT2D eigenvalue weighted by Gasteiger charge is -1.78. The third-order valence-electron chi connectivity index (χ3n) is 0.622. The minimum atomic E-state index is -1.28. The molecule has 0 aliphatic heterocycles. The SMILES string of the molecule is O=C(O)n1sn1C(=O)O. The predicted molar refractivity (Wildman–Crippen MR) is 27.1 cm³/mol. The van der Waals surface area contributed by atoms with Crippen molar-refractivity contribution in [3.8, 4) is 0 Å². The lowest BCUT2D eigenvalue weighted by molar-refractivity contribution is 0.183. The molecule has 0 bridgehead atoms. The molecule has 50 valence electrons. The van der Waals surface area contributed by atoms with Gasteiger partial charge in [0.2, 0.25) is 0 Å². The average molecular weight is 150 g/mol. The maximum absolute atomic E-state index is 9.88. The fourth-order valence-electron chi connectivity index (χ4n) is 0.282. The third-order valence-corrected chi connectivity index (χ3v) is 1.42. The minimum Gasteiger partial charge on any atom is -0.463 e. The standard InChI is InChI=1S/C2H2N2O4S/c5-1(6)3-4(9-3)2(7)8/h(H,5,6)(H,7,8). The first kappa shape index (κ1) is 5.89. The van der Waals surface area contributed by atoms with Gasteiger partial charge in [-0.05, 0) is 0 Å². The van der Waals surface area contributed by atoms with Crippen molar-refractivity contribution in [1.29, 1.82) is 0 Å². The van der Waals surface area contributed by atoms with Crippen LogP contribution in [0.1, 0.15) is 0 Å². The number of carboxylic acid groups (broad SMARTS) is 2. The Morgan fingerprint density at radius 3 is 1.56 bits per heavy atom. The van der Waals surface area contributed by atoms with Crippen LogP contribution in [0, 0.1) is 0 Å². The molecule has 1 aromatic rings. The summed E-state index contributed by atoms with van der Waals surface area (Å²) in [7, 11) is 0. The predicted octanol–water partition coefficient (Wildman–Crippen LogP) is 0.403. The number of hydrogen-bond acceptors (Lipinski definition) is 3. The molecule has 2 N–H and O–H groups in total. The second-order valence-corrected chi connectivity index (χ2v) is 2.05. The molecule has 1 rings (SSSR count). The van der Waals surface area contributed by atoms with Gasteiger partial charge in [0, 0.05) is 0 Å². The Kier molecular flexibility index (Phi) is 1.06. The van der Waals surface area contributed by atoms with Crippen molar-refractivity contribution in [3.05, 3.63) is 0 Å². The first-order valence-electron chi connectivity index (χ1n) is 1.87. The first-order valence-corrected chi connectivity index (χ1v) is 2.60. The van der Waals surface area contributed by atoms with Crippen LogP contribution in [0.5, 0.6) is 0 Å². The van der Waals surface area contributed by atoms with E-state index in [-0.39, 0.29) is 0 Å². The molecule has 1 heterocycles. The molecule has 0 aliphatic carbocycles. The Morgan fingerprint density at radius 2 is 1.44 bits per heavy atom. The normalized spacial score (nSPS) is 9.78. The second-order valence-electron chi connectivity index (χ2n) is 1.19. The van der Waals surface area contributed by atoms with Crippen LogP contribution in [0.15, 0.2) is 0 Å². The van der Waals surface area contributed by atoms with Crippen LogP contribution in [0.3, 0.4) is 0 Å². The Balaban J connectivity index is 2.71. The zero-order valence-electron chi connectivity index (χ0n) is 4.01. The molecule has 0 radical (unpaired) electrons. The van der Waals surface area contributed by atoms with Gasteiger partial charge >= 0.3 is 12.2 Å². The summed E-state index contributed by atoms with van der Waals surface area (Å²) in [5, 5.41) is 16.1. The van der Waals surface area contributed by atoms with E-state index >= 15 is 0 Å². The quantitative estimate of drug-likeness (QED) is 0.560. The molecular weight excluding hydrogens is 148 g/mol. The molecule has 1 aromatic heterocycles. The molecule has 0 spiro atoms. The van der Waals surface area contributed by atoms with E-state index in [0.717, 1.165) is 0 Å². The second kappa shape index (κ2) is 1.62. The topological polar surface area (TPSA) is 84.5 Å².